The maximum Gasteiger partial charge on any atom is 0.243 e. The van der Waals surface area contributed by atoms with Crippen LogP contribution in [-0.4, -0.2) is 24.8 Å². The van der Waals surface area contributed by atoms with Crippen LogP contribution >= 0.6 is 38.9 Å². The second kappa shape index (κ2) is 6.11. The highest BCUT2D eigenvalue weighted by molar-refractivity contribution is 9.10. The lowest BCUT2D eigenvalue weighted by molar-refractivity contribution is 0.469. The zero-order chi connectivity index (χ0) is 14.9. The van der Waals surface area contributed by atoms with E-state index in [4.69, 9.17) is 11.6 Å². The Bertz CT molecular complexity index is 731. The highest BCUT2D eigenvalue weighted by Crippen LogP contribution is 2.27. The van der Waals surface area contributed by atoms with Crippen molar-refractivity contribution in [2.45, 2.75) is 18.4 Å². The molecular weight excluding hydrogens is 384 g/mol. The van der Waals surface area contributed by atoms with Crippen LogP contribution in [0.3, 0.4) is 0 Å². The zero-order valence-electron chi connectivity index (χ0n) is 10.8. The van der Waals surface area contributed by atoms with Crippen LogP contribution in [0.5, 0.6) is 0 Å². The van der Waals surface area contributed by atoms with Gasteiger partial charge >= 0.3 is 0 Å². The molecule has 20 heavy (non-hydrogen) atoms. The SMILES string of the molecule is Cc1ncc(CN(C)S(=O)(=O)c2ccc(Cl)c(Br)c2)s1. The third-order valence-corrected chi connectivity index (χ3v) is 6.56. The summed E-state index contributed by atoms with van der Waals surface area (Å²) in [5, 5.41) is 1.39. The number of nitrogens with zero attached hydrogens (tertiary/aromatic N) is 2. The standard InChI is InChI=1S/C12H12BrClN2O2S2/c1-8-15-6-9(19-8)7-16(2)20(17,18)10-3-4-12(14)11(13)5-10/h3-6H,7H2,1-2H3. The smallest absolute Gasteiger partial charge is 0.243 e. The predicted molar refractivity (Wildman–Crippen MR) is 84.7 cm³/mol. The van der Waals surface area contributed by atoms with E-state index in [9.17, 15) is 8.42 Å². The van der Waals surface area contributed by atoms with Gasteiger partial charge in [0, 0.05) is 29.1 Å². The number of benzene rings is 1. The summed E-state index contributed by atoms with van der Waals surface area (Å²) in [4.78, 5) is 5.23. The molecular formula is C12H12BrClN2O2S2. The van der Waals surface area contributed by atoms with E-state index in [0.717, 1.165) is 9.88 Å². The van der Waals surface area contributed by atoms with Crippen LogP contribution in [0.2, 0.25) is 5.02 Å². The van der Waals surface area contributed by atoms with Crippen molar-refractivity contribution >= 4 is 48.9 Å². The number of hydrogen-bond acceptors (Lipinski definition) is 4. The molecule has 2 rings (SSSR count). The molecule has 0 aliphatic rings. The van der Waals surface area contributed by atoms with Crippen molar-refractivity contribution in [3.8, 4) is 0 Å². The Balaban J connectivity index is 2.27. The molecule has 0 fully saturated rings. The Morgan fingerprint density at radius 3 is 2.70 bits per heavy atom. The van der Waals surface area contributed by atoms with E-state index in [0.29, 0.717) is 16.0 Å². The van der Waals surface area contributed by atoms with Gasteiger partial charge in [-0.05, 0) is 41.1 Å². The van der Waals surface area contributed by atoms with Gasteiger partial charge in [-0.25, -0.2) is 13.4 Å². The van der Waals surface area contributed by atoms with Crippen LogP contribution in [-0.2, 0) is 16.6 Å². The molecule has 0 unspecified atom stereocenters. The van der Waals surface area contributed by atoms with Crippen molar-refractivity contribution in [1.82, 2.24) is 9.29 Å². The molecule has 0 radical (unpaired) electrons. The van der Waals surface area contributed by atoms with E-state index >= 15 is 0 Å². The van der Waals surface area contributed by atoms with Gasteiger partial charge in [0.15, 0.2) is 0 Å². The second-order valence-electron chi connectivity index (χ2n) is 4.18. The predicted octanol–water partition coefficient (Wildman–Crippen LogP) is 3.69. The van der Waals surface area contributed by atoms with Gasteiger partial charge in [-0.3, -0.25) is 0 Å². The normalized spacial score (nSPS) is 12.1. The summed E-state index contributed by atoms with van der Waals surface area (Å²) in [6, 6.07) is 4.56. The molecule has 0 aliphatic heterocycles. The number of thiazole rings is 1. The molecule has 4 nitrogen and oxygen atoms in total. The number of halogens is 2. The van der Waals surface area contributed by atoms with Crippen molar-refractivity contribution < 1.29 is 8.42 Å². The molecule has 1 aromatic heterocycles. The maximum atomic E-state index is 12.5. The number of aryl methyl sites for hydroxylation is 1. The quantitative estimate of drug-likeness (QED) is 0.793. The molecule has 108 valence electrons. The zero-order valence-corrected chi connectivity index (χ0v) is 14.8. The van der Waals surface area contributed by atoms with Crippen molar-refractivity contribution in [2.24, 2.45) is 0 Å². The first kappa shape index (κ1) is 15.9. The van der Waals surface area contributed by atoms with Crippen molar-refractivity contribution in [3.05, 3.63) is 43.8 Å². The molecule has 0 aliphatic carbocycles. The van der Waals surface area contributed by atoms with Crippen LogP contribution in [0.1, 0.15) is 9.88 Å². The van der Waals surface area contributed by atoms with E-state index < -0.39 is 10.0 Å². The Kier molecular flexibility index (Phi) is 4.86. The van der Waals surface area contributed by atoms with Gasteiger partial charge in [0.05, 0.1) is 14.9 Å². The second-order valence-corrected chi connectivity index (χ2v) is 8.81. The first-order valence-corrected chi connectivity index (χ1v) is 9.06. The molecule has 0 saturated heterocycles. The van der Waals surface area contributed by atoms with Gasteiger partial charge in [-0.2, -0.15) is 4.31 Å². The van der Waals surface area contributed by atoms with Crippen LogP contribution < -0.4 is 0 Å². The number of rotatable bonds is 4. The van der Waals surface area contributed by atoms with E-state index in [-0.39, 0.29) is 4.90 Å². The summed E-state index contributed by atoms with van der Waals surface area (Å²) in [6.45, 7) is 2.19. The minimum absolute atomic E-state index is 0.206. The Labute approximate surface area is 135 Å². The summed E-state index contributed by atoms with van der Waals surface area (Å²) < 4.78 is 26.8. The van der Waals surface area contributed by atoms with Crippen LogP contribution in [0.25, 0.3) is 0 Å². The molecule has 2 aromatic rings. The van der Waals surface area contributed by atoms with Crippen LogP contribution in [0.4, 0.5) is 0 Å². The summed E-state index contributed by atoms with van der Waals surface area (Å²) in [5.41, 5.74) is 0. The molecule has 1 heterocycles. The lowest BCUT2D eigenvalue weighted by atomic mass is 10.4. The number of sulfonamides is 1. The topological polar surface area (TPSA) is 50.3 Å². The van der Waals surface area contributed by atoms with Gasteiger partial charge in [0.2, 0.25) is 10.0 Å². The molecule has 0 amide bonds. The summed E-state index contributed by atoms with van der Waals surface area (Å²) in [6.07, 6.45) is 1.70. The van der Waals surface area contributed by atoms with E-state index in [2.05, 4.69) is 20.9 Å². The fourth-order valence-electron chi connectivity index (χ4n) is 1.60. The fraction of sp³-hybridized carbons (Fsp3) is 0.250. The van der Waals surface area contributed by atoms with Gasteiger partial charge in [0.1, 0.15) is 0 Å². The summed E-state index contributed by atoms with van der Waals surface area (Å²) in [5.74, 6) is 0. The Hall–Kier alpha value is -0.470. The largest absolute Gasteiger partial charge is 0.250 e. The lowest BCUT2D eigenvalue weighted by Gasteiger charge is -2.16. The minimum Gasteiger partial charge on any atom is -0.250 e. The third kappa shape index (κ3) is 3.40. The molecule has 8 heteroatoms. The van der Waals surface area contributed by atoms with Crippen molar-refractivity contribution in [3.63, 3.8) is 0 Å². The van der Waals surface area contributed by atoms with Crippen molar-refractivity contribution in [1.29, 1.82) is 0 Å². The molecule has 0 saturated carbocycles. The first-order valence-electron chi connectivity index (χ1n) is 5.63. The monoisotopic (exact) mass is 394 g/mol. The Morgan fingerprint density at radius 2 is 2.15 bits per heavy atom. The molecule has 1 aromatic carbocycles. The first-order chi connectivity index (χ1) is 9.30. The van der Waals surface area contributed by atoms with E-state index in [1.54, 1.807) is 19.3 Å². The van der Waals surface area contributed by atoms with E-state index in [1.807, 2.05) is 6.92 Å². The van der Waals surface area contributed by atoms with Gasteiger partial charge < -0.3 is 0 Å². The fourth-order valence-corrected chi connectivity index (χ4v) is 4.35. The van der Waals surface area contributed by atoms with Gasteiger partial charge in [-0.15, -0.1) is 11.3 Å². The highest BCUT2D eigenvalue weighted by atomic mass is 79.9. The van der Waals surface area contributed by atoms with Crippen LogP contribution in [0, 0.1) is 6.92 Å². The molecule has 0 spiro atoms. The maximum absolute atomic E-state index is 12.5. The lowest BCUT2D eigenvalue weighted by Crippen LogP contribution is -2.26. The average Bonchev–Trinajstić information content (AvgIpc) is 2.78. The summed E-state index contributed by atoms with van der Waals surface area (Å²) >= 11 is 10.6. The number of hydrogen-bond donors (Lipinski definition) is 0. The van der Waals surface area contributed by atoms with E-state index in [1.165, 1.54) is 27.8 Å². The average molecular weight is 396 g/mol. The van der Waals surface area contributed by atoms with Gasteiger partial charge in [0.25, 0.3) is 0 Å². The highest BCUT2D eigenvalue weighted by Gasteiger charge is 2.22. The Morgan fingerprint density at radius 1 is 1.45 bits per heavy atom. The third-order valence-electron chi connectivity index (χ3n) is 2.65. The molecule has 0 atom stereocenters. The van der Waals surface area contributed by atoms with Crippen molar-refractivity contribution in [2.75, 3.05) is 7.05 Å². The molecule has 0 bridgehead atoms. The van der Waals surface area contributed by atoms with Gasteiger partial charge in [-0.1, -0.05) is 11.6 Å². The molecule has 0 N–H and O–H groups in total. The summed E-state index contributed by atoms with van der Waals surface area (Å²) in [7, 11) is -2.00. The van der Waals surface area contributed by atoms with Crippen LogP contribution in [0.15, 0.2) is 33.8 Å². The minimum atomic E-state index is -3.54. The number of aromatic nitrogens is 1.